The molecule has 0 fully saturated rings. The van der Waals surface area contributed by atoms with Crippen LogP contribution in [0.15, 0.2) is 24.8 Å². The third-order valence-electron chi connectivity index (χ3n) is 0.483. The average Bonchev–Trinajstić information content (AvgIpc) is 1.69. The Balaban J connectivity index is 3.09. The minimum atomic E-state index is 1.05. The van der Waals surface area contributed by atoms with E-state index >= 15 is 0 Å². The highest BCUT2D eigenvalue weighted by atomic mass is 13.6. The molecule has 6 heavy (non-hydrogen) atoms. The fourth-order valence-corrected chi connectivity index (χ4v) is 0.215. The second-order valence-corrected chi connectivity index (χ2v) is 1.03. The molecule has 0 rings (SSSR count). The van der Waals surface area contributed by atoms with Crippen molar-refractivity contribution in [3.8, 4) is 0 Å². The molecule has 0 heterocycles. The summed E-state index contributed by atoms with van der Waals surface area (Å²) in [5.74, 6) is 0. The Hall–Kier alpha value is -0.520. The molecule has 0 aliphatic heterocycles. The van der Waals surface area contributed by atoms with Crippen LogP contribution in [0.25, 0.3) is 0 Å². The molecule has 0 unspecified atom stereocenters. The van der Waals surface area contributed by atoms with Crippen molar-refractivity contribution in [1.82, 2.24) is 0 Å². The van der Waals surface area contributed by atoms with E-state index in [1.54, 1.807) is 6.08 Å². The van der Waals surface area contributed by atoms with E-state index in [9.17, 15) is 0 Å². The quantitative estimate of drug-likeness (QED) is 0.449. The highest BCUT2D eigenvalue weighted by Crippen LogP contribution is 1.76. The van der Waals surface area contributed by atoms with Crippen molar-refractivity contribution in [2.45, 2.75) is 13.3 Å². The average molecular weight is 83.2 g/mol. The molecular formula is C6H10. The van der Waals surface area contributed by atoms with E-state index < -0.39 is 0 Å². The third kappa shape index (κ3) is 3.48. The summed E-state index contributed by atoms with van der Waals surface area (Å²) in [6.45, 7) is 3.33. The molecule has 34 valence electrons. The molecule has 0 N–H and O–H groups in total. The monoisotopic (exact) mass is 83.1 g/mol. The number of allylic oxidation sites excluding steroid dienone is 3. The zero-order chi connectivity index (χ0) is 5.54. The SMILES string of the molecule is [2H]C=CC=CCC. The molecule has 0 saturated heterocycles. The Morgan fingerprint density at radius 3 is 3.33 bits per heavy atom. The minimum absolute atomic E-state index is 1.05. The second-order valence-electron chi connectivity index (χ2n) is 1.03. The maximum absolute atomic E-state index is 6.55. The van der Waals surface area contributed by atoms with E-state index in [-0.39, 0.29) is 0 Å². The van der Waals surface area contributed by atoms with Crippen molar-refractivity contribution in [3.63, 3.8) is 0 Å². The fraction of sp³-hybridized carbons (Fsp3) is 0.333. The molecule has 0 radical (unpaired) electrons. The Bertz CT molecular complexity index is 72.2. The van der Waals surface area contributed by atoms with Gasteiger partial charge in [-0.25, -0.2) is 0 Å². The van der Waals surface area contributed by atoms with Crippen LogP contribution < -0.4 is 0 Å². The summed E-state index contributed by atoms with van der Waals surface area (Å²) < 4.78 is 6.55. The van der Waals surface area contributed by atoms with Crippen molar-refractivity contribution in [3.05, 3.63) is 24.8 Å². The molecule has 0 heteroatoms. The summed E-state index contributed by atoms with van der Waals surface area (Å²) in [4.78, 5) is 0. The Morgan fingerprint density at radius 1 is 2.00 bits per heavy atom. The first-order chi connectivity index (χ1) is 3.41. The minimum Gasteiger partial charge on any atom is -0.0991 e. The molecule has 0 aliphatic rings. The molecule has 0 aromatic heterocycles. The highest BCUT2D eigenvalue weighted by Gasteiger charge is 1.55. The molecule has 0 bridgehead atoms. The third-order valence-corrected chi connectivity index (χ3v) is 0.483. The Kier molecular flexibility index (Phi) is 2.73. The van der Waals surface area contributed by atoms with E-state index in [0.29, 0.717) is 0 Å². The summed E-state index contributed by atoms with van der Waals surface area (Å²) >= 11 is 0. The lowest BCUT2D eigenvalue weighted by molar-refractivity contribution is 1.22. The van der Waals surface area contributed by atoms with Gasteiger partial charge in [0.25, 0.3) is 0 Å². The van der Waals surface area contributed by atoms with Gasteiger partial charge in [-0.05, 0) is 6.42 Å². The van der Waals surface area contributed by atoms with Gasteiger partial charge in [0, 0.05) is 0 Å². The van der Waals surface area contributed by atoms with Crippen molar-refractivity contribution in [2.75, 3.05) is 0 Å². The first-order valence-electron chi connectivity index (χ1n) is 2.69. The molecule has 0 saturated carbocycles. The van der Waals surface area contributed by atoms with Gasteiger partial charge in [0.1, 0.15) is 0 Å². The highest BCUT2D eigenvalue weighted by molar-refractivity contribution is 4.96. The number of hydrogen-bond acceptors (Lipinski definition) is 0. The van der Waals surface area contributed by atoms with E-state index in [1.807, 2.05) is 12.2 Å². The smallest absolute Gasteiger partial charge is 0.0538 e. The van der Waals surface area contributed by atoms with E-state index in [0.717, 1.165) is 6.42 Å². The van der Waals surface area contributed by atoms with Gasteiger partial charge in [-0.2, -0.15) is 0 Å². The van der Waals surface area contributed by atoms with Gasteiger partial charge in [0.15, 0.2) is 0 Å². The Labute approximate surface area is 40.6 Å². The largest absolute Gasteiger partial charge is 0.0991 e. The van der Waals surface area contributed by atoms with Gasteiger partial charge in [0.05, 0.1) is 1.37 Å². The molecule has 0 atom stereocenters. The molecule has 0 nitrogen and oxygen atoms in total. The standard InChI is InChI=1S/C6H10/c1-3-5-6-4-2/h3,5-6H,1,4H2,2H3/i1D. The second kappa shape index (κ2) is 4.48. The van der Waals surface area contributed by atoms with E-state index in [4.69, 9.17) is 1.37 Å². The number of rotatable bonds is 2. The molecular weight excluding hydrogens is 72.1 g/mol. The maximum Gasteiger partial charge on any atom is 0.0538 e. The zero-order valence-corrected chi connectivity index (χ0v) is 4.02. The predicted octanol–water partition coefficient (Wildman–Crippen LogP) is 2.14. The topological polar surface area (TPSA) is 0 Å². The first-order valence-corrected chi connectivity index (χ1v) is 2.12. The van der Waals surface area contributed by atoms with Crippen LogP contribution in [0.2, 0.25) is 0 Å². The van der Waals surface area contributed by atoms with Gasteiger partial charge in [-0.3, -0.25) is 0 Å². The van der Waals surface area contributed by atoms with Crippen LogP contribution >= 0.6 is 0 Å². The van der Waals surface area contributed by atoms with Gasteiger partial charge >= 0.3 is 0 Å². The molecule has 0 aromatic rings. The van der Waals surface area contributed by atoms with Crippen molar-refractivity contribution in [1.29, 1.82) is 0 Å². The normalized spacial score (nSPS) is 13.8. The van der Waals surface area contributed by atoms with E-state index in [2.05, 4.69) is 6.92 Å². The summed E-state index contributed by atoms with van der Waals surface area (Å²) in [7, 11) is 0. The van der Waals surface area contributed by atoms with Crippen LogP contribution in [-0.4, -0.2) is 0 Å². The molecule has 0 spiro atoms. The maximum atomic E-state index is 6.55. The van der Waals surface area contributed by atoms with Crippen LogP contribution in [0.3, 0.4) is 0 Å². The predicted molar refractivity (Wildman–Crippen MR) is 29.6 cm³/mol. The van der Waals surface area contributed by atoms with Crippen LogP contribution in [0, 0.1) is 0 Å². The van der Waals surface area contributed by atoms with Crippen LogP contribution in [0.1, 0.15) is 14.7 Å². The summed E-state index contributed by atoms with van der Waals surface area (Å²) in [6.07, 6.45) is 6.62. The lowest BCUT2D eigenvalue weighted by Crippen LogP contribution is -1.46. The molecule has 0 amide bonds. The summed E-state index contributed by atoms with van der Waals surface area (Å²) in [5.41, 5.74) is 0. The van der Waals surface area contributed by atoms with Crippen LogP contribution in [0.4, 0.5) is 0 Å². The number of hydrogen-bond donors (Lipinski definition) is 0. The lowest BCUT2D eigenvalue weighted by atomic mass is 10.4. The van der Waals surface area contributed by atoms with E-state index in [1.165, 1.54) is 6.55 Å². The van der Waals surface area contributed by atoms with Gasteiger partial charge in [-0.15, -0.1) is 0 Å². The zero-order valence-electron chi connectivity index (χ0n) is 5.02. The van der Waals surface area contributed by atoms with Gasteiger partial charge in [0.2, 0.25) is 0 Å². The Morgan fingerprint density at radius 2 is 2.83 bits per heavy atom. The summed E-state index contributed by atoms with van der Waals surface area (Å²) in [6, 6.07) is 0. The van der Waals surface area contributed by atoms with Gasteiger partial charge < -0.3 is 0 Å². The van der Waals surface area contributed by atoms with Crippen molar-refractivity contribution < 1.29 is 1.37 Å². The van der Waals surface area contributed by atoms with Crippen LogP contribution in [0.5, 0.6) is 0 Å². The fourth-order valence-electron chi connectivity index (χ4n) is 0.215. The van der Waals surface area contributed by atoms with Crippen LogP contribution in [-0.2, 0) is 0 Å². The lowest BCUT2D eigenvalue weighted by Gasteiger charge is -1.67. The van der Waals surface area contributed by atoms with Crippen molar-refractivity contribution in [2.24, 2.45) is 0 Å². The first kappa shape index (κ1) is 3.66. The molecule has 0 aromatic carbocycles. The molecule has 0 aliphatic carbocycles. The van der Waals surface area contributed by atoms with Crippen molar-refractivity contribution >= 4 is 0 Å². The summed E-state index contributed by atoms with van der Waals surface area (Å²) in [5, 5.41) is 0. The van der Waals surface area contributed by atoms with Gasteiger partial charge in [-0.1, -0.05) is 31.7 Å².